The Morgan fingerprint density at radius 1 is 1.58 bits per heavy atom. The number of thiazole rings is 1. The molecule has 0 fully saturated rings. The molecule has 100 valence electrons. The van der Waals surface area contributed by atoms with Crippen LogP contribution < -0.4 is 11.1 Å². The summed E-state index contributed by atoms with van der Waals surface area (Å²) in [5, 5.41) is 6.14. The van der Waals surface area contributed by atoms with Gasteiger partial charge >= 0.3 is 0 Å². The van der Waals surface area contributed by atoms with E-state index in [0.717, 1.165) is 11.4 Å². The van der Waals surface area contributed by atoms with Gasteiger partial charge < -0.3 is 11.1 Å². The second-order valence-corrected chi connectivity index (χ2v) is 5.37. The summed E-state index contributed by atoms with van der Waals surface area (Å²) >= 11 is 6.47. The van der Waals surface area contributed by atoms with Crippen LogP contribution in [0.2, 0.25) is 0 Å². The molecule has 1 heterocycles. The summed E-state index contributed by atoms with van der Waals surface area (Å²) in [6.07, 6.45) is 2.59. The third-order valence-corrected chi connectivity index (χ3v) is 3.84. The van der Waals surface area contributed by atoms with E-state index in [1.165, 1.54) is 6.07 Å². The largest absolute Gasteiger partial charge is 0.389 e. The maximum atomic E-state index is 13.8. The van der Waals surface area contributed by atoms with E-state index in [9.17, 15) is 4.39 Å². The standard InChI is InChI=1S/C13H14FN3S2/c1-2-9(13-16-6-7-19-13)17-10-5-3-4-8(14)11(10)12(15)18/h3-7,9,17H,2H2,1H3,(H2,15,18). The topological polar surface area (TPSA) is 50.9 Å². The van der Waals surface area contributed by atoms with Crippen molar-refractivity contribution in [2.45, 2.75) is 19.4 Å². The van der Waals surface area contributed by atoms with Crippen LogP contribution in [-0.4, -0.2) is 9.97 Å². The minimum atomic E-state index is -0.411. The first-order valence-electron chi connectivity index (χ1n) is 5.87. The van der Waals surface area contributed by atoms with Gasteiger partial charge in [-0.2, -0.15) is 0 Å². The summed E-state index contributed by atoms with van der Waals surface area (Å²) in [6, 6.07) is 4.78. The number of thiocarbonyl (C=S) groups is 1. The maximum absolute atomic E-state index is 13.8. The van der Waals surface area contributed by atoms with Crippen molar-refractivity contribution in [1.29, 1.82) is 0 Å². The molecule has 6 heteroatoms. The molecule has 2 aromatic rings. The number of aromatic nitrogens is 1. The number of rotatable bonds is 5. The van der Waals surface area contributed by atoms with Gasteiger partial charge in [0, 0.05) is 17.3 Å². The zero-order chi connectivity index (χ0) is 13.8. The van der Waals surface area contributed by atoms with Gasteiger partial charge in [0.15, 0.2) is 0 Å². The van der Waals surface area contributed by atoms with Gasteiger partial charge in [-0.15, -0.1) is 11.3 Å². The third kappa shape index (κ3) is 3.08. The smallest absolute Gasteiger partial charge is 0.135 e. The lowest BCUT2D eigenvalue weighted by Crippen LogP contribution is -2.17. The number of halogens is 1. The van der Waals surface area contributed by atoms with Gasteiger partial charge in [-0.05, 0) is 18.6 Å². The van der Waals surface area contributed by atoms with Crippen LogP contribution in [0.5, 0.6) is 0 Å². The van der Waals surface area contributed by atoms with Crippen molar-refractivity contribution < 1.29 is 4.39 Å². The molecule has 2 rings (SSSR count). The van der Waals surface area contributed by atoms with Gasteiger partial charge in [-0.25, -0.2) is 9.37 Å². The van der Waals surface area contributed by atoms with Gasteiger partial charge in [0.1, 0.15) is 15.8 Å². The highest BCUT2D eigenvalue weighted by Gasteiger charge is 2.16. The molecular weight excluding hydrogens is 281 g/mol. The predicted molar refractivity (Wildman–Crippen MR) is 81.1 cm³/mol. The number of benzene rings is 1. The third-order valence-electron chi connectivity index (χ3n) is 2.75. The van der Waals surface area contributed by atoms with E-state index in [1.807, 2.05) is 12.3 Å². The first-order valence-corrected chi connectivity index (χ1v) is 7.16. The SMILES string of the molecule is CCC(Nc1cccc(F)c1C(N)=S)c1nccs1. The minimum absolute atomic E-state index is 0.0231. The predicted octanol–water partition coefficient (Wildman–Crippen LogP) is 3.48. The summed E-state index contributed by atoms with van der Waals surface area (Å²) < 4.78 is 13.8. The molecule has 1 aromatic carbocycles. The molecule has 0 aliphatic carbocycles. The molecule has 0 spiro atoms. The van der Waals surface area contributed by atoms with Crippen LogP contribution in [0.15, 0.2) is 29.8 Å². The summed E-state index contributed by atoms with van der Waals surface area (Å²) in [5.41, 5.74) is 6.45. The zero-order valence-corrected chi connectivity index (χ0v) is 12.0. The molecule has 1 unspecified atom stereocenters. The fraction of sp³-hybridized carbons (Fsp3) is 0.231. The molecule has 0 saturated carbocycles. The fourth-order valence-corrected chi connectivity index (χ4v) is 2.81. The van der Waals surface area contributed by atoms with Gasteiger partial charge in [-0.3, -0.25) is 0 Å². The second kappa shape index (κ2) is 6.08. The molecule has 0 amide bonds. The first kappa shape index (κ1) is 13.9. The average Bonchev–Trinajstić information content (AvgIpc) is 2.89. The van der Waals surface area contributed by atoms with Gasteiger partial charge in [-0.1, -0.05) is 25.2 Å². The highest BCUT2D eigenvalue weighted by Crippen LogP contribution is 2.27. The number of nitrogens with one attached hydrogen (secondary N) is 1. The van der Waals surface area contributed by atoms with Gasteiger partial charge in [0.2, 0.25) is 0 Å². The molecule has 19 heavy (non-hydrogen) atoms. The van der Waals surface area contributed by atoms with Crippen LogP contribution in [-0.2, 0) is 0 Å². The van der Waals surface area contributed by atoms with Crippen molar-refractivity contribution in [2.75, 3.05) is 5.32 Å². The van der Waals surface area contributed by atoms with E-state index < -0.39 is 5.82 Å². The molecule has 1 aromatic heterocycles. The quantitative estimate of drug-likeness (QED) is 0.829. The van der Waals surface area contributed by atoms with Crippen LogP contribution in [0.4, 0.5) is 10.1 Å². The van der Waals surface area contributed by atoms with Crippen LogP contribution >= 0.6 is 23.6 Å². The van der Waals surface area contributed by atoms with Crippen molar-refractivity contribution in [3.63, 3.8) is 0 Å². The van der Waals surface area contributed by atoms with E-state index in [4.69, 9.17) is 18.0 Å². The van der Waals surface area contributed by atoms with Crippen LogP contribution in [0.3, 0.4) is 0 Å². The van der Waals surface area contributed by atoms with E-state index in [1.54, 1.807) is 29.7 Å². The molecule has 1 atom stereocenters. The number of anilines is 1. The molecule has 0 aliphatic heterocycles. The lowest BCUT2D eigenvalue weighted by molar-refractivity contribution is 0.625. The van der Waals surface area contributed by atoms with Gasteiger partial charge in [0.05, 0.1) is 11.6 Å². The Morgan fingerprint density at radius 3 is 2.95 bits per heavy atom. The van der Waals surface area contributed by atoms with Crippen molar-refractivity contribution in [3.05, 3.63) is 46.2 Å². The number of nitrogens with zero attached hydrogens (tertiary/aromatic N) is 1. The Kier molecular flexibility index (Phi) is 4.44. The Bertz CT molecular complexity index is 569. The van der Waals surface area contributed by atoms with Crippen molar-refractivity contribution in [2.24, 2.45) is 5.73 Å². The Hall–Kier alpha value is -1.53. The van der Waals surface area contributed by atoms with Crippen LogP contribution in [0.1, 0.15) is 30.0 Å². The number of nitrogens with two attached hydrogens (primary N) is 1. The van der Waals surface area contributed by atoms with Crippen molar-refractivity contribution >= 4 is 34.2 Å². The normalized spacial score (nSPS) is 12.1. The highest BCUT2D eigenvalue weighted by atomic mass is 32.1. The van der Waals surface area contributed by atoms with E-state index in [0.29, 0.717) is 5.69 Å². The zero-order valence-electron chi connectivity index (χ0n) is 10.4. The molecule has 0 radical (unpaired) electrons. The molecular formula is C13H14FN3S2. The van der Waals surface area contributed by atoms with E-state index in [-0.39, 0.29) is 16.6 Å². The number of hydrogen-bond donors (Lipinski definition) is 2. The molecule has 0 saturated heterocycles. The number of hydrogen-bond acceptors (Lipinski definition) is 4. The second-order valence-electron chi connectivity index (χ2n) is 4.00. The lowest BCUT2D eigenvalue weighted by Gasteiger charge is -2.18. The Labute approximate surface area is 120 Å². The monoisotopic (exact) mass is 295 g/mol. The summed E-state index contributed by atoms with van der Waals surface area (Å²) in [7, 11) is 0. The lowest BCUT2D eigenvalue weighted by atomic mass is 10.1. The molecule has 0 aliphatic rings. The average molecular weight is 295 g/mol. The van der Waals surface area contributed by atoms with Crippen molar-refractivity contribution in [1.82, 2.24) is 4.98 Å². The first-order chi connectivity index (χ1) is 9.13. The molecule has 3 nitrogen and oxygen atoms in total. The summed E-state index contributed by atoms with van der Waals surface area (Å²) in [5.74, 6) is -0.411. The summed E-state index contributed by atoms with van der Waals surface area (Å²) in [4.78, 5) is 4.33. The minimum Gasteiger partial charge on any atom is -0.389 e. The van der Waals surface area contributed by atoms with Crippen LogP contribution in [0.25, 0.3) is 0 Å². The van der Waals surface area contributed by atoms with E-state index >= 15 is 0 Å². The molecule has 3 N–H and O–H groups in total. The maximum Gasteiger partial charge on any atom is 0.135 e. The Balaban J connectivity index is 2.32. The van der Waals surface area contributed by atoms with Crippen molar-refractivity contribution in [3.8, 4) is 0 Å². The van der Waals surface area contributed by atoms with Gasteiger partial charge in [0.25, 0.3) is 0 Å². The highest BCUT2D eigenvalue weighted by molar-refractivity contribution is 7.80. The fourth-order valence-electron chi connectivity index (χ4n) is 1.83. The Morgan fingerprint density at radius 2 is 2.37 bits per heavy atom. The van der Waals surface area contributed by atoms with E-state index in [2.05, 4.69) is 10.3 Å². The molecule has 0 bridgehead atoms. The summed E-state index contributed by atoms with van der Waals surface area (Å²) in [6.45, 7) is 2.04. The van der Waals surface area contributed by atoms with Crippen LogP contribution in [0, 0.1) is 5.82 Å².